The third-order valence-electron chi connectivity index (χ3n) is 25.5. The first-order valence-corrected chi connectivity index (χ1v) is 40.1. The smallest absolute Gasteiger partial charge is 0.264 e. The molecule has 20 heteroatoms. The van der Waals surface area contributed by atoms with E-state index in [-0.39, 0.29) is 40.5 Å². The molecule has 4 amide bonds. The number of rotatable bonds is 13. The van der Waals surface area contributed by atoms with Crippen molar-refractivity contribution in [3.63, 3.8) is 0 Å². The van der Waals surface area contributed by atoms with Crippen LogP contribution >= 0.6 is 0 Å². The van der Waals surface area contributed by atoms with Gasteiger partial charge in [-0.1, -0.05) is 57.6 Å². The lowest BCUT2D eigenvalue weighted by Crippen LogP contribution is -2.55. The summed E-state index contributed by atoms with van der Waals surface area (Å²) in [5.74, 6) is 1.71. The molecule has 4 saturated heterocycles. The highest BCUT2D eigenvalue weighted by Gasteiger charge is 2.67. The Morgan fingerprint density at radius 3 is 1.35 bits per heavy atom. The number of amides is 4. The molecule has 6 aliphatic heterocycles. The molecule has 4 aromatic carbocycles. The number of hydrogen-bond acceptors (Lipinski definition) is 12. The number of hydrogen-bond donors (Lipinski definition) is 2. The summed E-state index contributed by atoms with van der Waals surface area (Å²) in [5.41, 5.74) is 10.7. The van der Waals surface area contributed by atoms with E-state index in [4.69, 9.17) is 9.47 Å². The number of nitrogens with one attached hydrogen (secondary N) is 2. The van der Waals surface area contributed by atoms with Gasteiger partial charge in [0.2, 0.25) is 31.9 Å². The quantitative estimate of drug-likeness (QED) is 0.111. The number of benzene rings is 4. The lowest BCUT2D eigenvalue weighted by molar-refractivity contribution is -0.144. The second-order valence-corrected chi connectivity index (χ2v) is 35.6. The zero-order chi connectivity index (χ0) is 68.4. The molecule has 16 rings (SSSR count). The van der Waals surface area contributed by atoms with E-state index in [1.165, 1.54) is 60.8 Å². The van der Waals surface area contributed by atoms with Crippen LogP contribution in [0.25, 0.3) is 44.3 Å². The van der Waals surface area contributed by atoms with E-state index in [0.29, 0.717) is 42.5 Å². The zero-order valence-corrected chi connectivity index (χ0v) is 60.2. The molecule has 18 nitrogen and oxygen atoms in total. The predicted molar refractivity (Wildman–Crippen MR) is 383 cm³/mol. The standard InChI is InChI=1S/2C39H50N4O5S/c1-25(2)49(46,47)40-36(44)27-11-13-30-33(21-27)42-24-39(37(45)43-18-8-15-38(43)16-19-41(3)20-17-38)23-32(39)31-22-28(48-4)12-14-29(31)35(42)34(30)26-9-6-5-7-10-26;1-4-21-49(46,47)40-36(44)27-11-13-30-33(22-27)42-25-39(37(45)43-18-8-15-38(43)16-19-41(2)20-17-38)24-32(39)31-23-28(48-3)12-14-29(31)35(42)34(30)26-9-6-5-7-10-26/h11-14,21-22,25-26,32H,5-10,15-20,23-24H2,1-4H3,(H,40,44);11-14,22-23,26,32H,4-10,15-21,24-25H2,1-3H3,(H,40,44). The summed E-state index contributed by atoms with van der Waals surface area (Å²) in [6, 6.07) is 24.1. The van der Waals surface area contributed by atoms with Crippen molar-refractivity contribution in [1.29, 1.82) is 0 Å². The average Bonchev–Trinajstić information content (AvgIpc) is 1.52. The second kappa shape index (κ2) is 25.4. The van der Waals surface area contributed by atoms with Crippen LogP contribution in [0, 0.1) is 10.8 Å². The van der Waals surface area contributed by atoms with Gasteiger partial charge in [-0.3, -0.25) is 19.2 Å². The SMILES string of the molecule is CCCS(=O)(=O)NC(=O)c1ccc2c(C3CCCCC3)c3n(c2c1)CC1(C(=O)N2CCCC24CCN(C)CC4)CC1c1cc(OC)ccc1-3.COc1ccc2c(c1)C1CC1(C(=O)N1CCCC13CCN(C)CC3)Cn1c-2c(C2CCCCC2)c2ccc(C(=O)NS(=O)(=O)C(C)C)cc21. The summed E-state index contributed by atoms with van der Waals surface area (Å²) in [6.07, 6.45) is 21.9. The van der Waals surface area contributed by atoms with Gasteiger partial charge in [0.15, 0.2) is 0 Å². The number of likely N-dealkylation sites (tertiary alicyclic amines) is 4. The van der Waals surface area contributed by atoms with Crippen molar-refractivity contribution in [2.24, 2.45) is 10.8 Å². The molecule has 8 fully saturated rings. The molecule has 8 heterocycles. The van der Waals surface area contributed by atoms with Gasteiger partial charge < -0.3 is 38.2 Å². The topological polar surface area (TPSA) is 202 Å². The molecule has 524 valence electrons. The second-order valence-electron chi connectivity index (χ2n) is 31.5. The molecule has 0 radical (unpaired) electrons. The molecule has 2 aromatic heterocycles. The molecule has 2 N–H and O–H groups in total. The number of piperidine rings is 2. The number of sulfonamides is 2. The molecule has 10 aliphatic rings. The van der Waals surface area contributed by atoms with Gasteiger partial charge in [-0.25, -0.2) is 26.3 Å². The van der Waals surface area contributed by atoms with Crippen LogP contribution in [0.5, 0.6) is 11.5 Å². The number of carbonyl (C=O) groups is 4. The number of methoxy groups -OCH3 is 2. The van der Waals surface area contributed by atoms with Crippen LogP contribution in [0.15, 0.2) is 72.8 Å². The van der Waals surface area contributed by atoms with Gasteiger partial charge in [-0.2, -0.15) is 0 Å². The lowest BCUT2D eigenvalue weighted by atomic mass is 9.81. The summed E-state index contributed by atoms with van der Waals surface area (Å²) in [7, 11) is 0.221. The van der Waals surface area contributed by atoms with Gasteiger partial charge in [0.05, 0.1) is 47.4 Å². The van der Waals surface area contributed by atoms with E-state index in [1.54, 1.807) is 47.1 Å². The summed E-state index contributed by atoms with van der Waals surface area (Å²) in [4.78, 5) is 66.7. The fourth-order valence-electron chi connectivity index (χ4n) is 19.8. The highest BCUT2D eigenvalue weighted by atomic mass is 32.2. The Kier molecular flexibility index (Phi) is 17.4. The number of carbonyl (C=O) groups excluding carboxylic acids is 4. The van der Waals surface area contributed by atoms with Crippen LogP contribution in [-0.4, -0.2) is 159 Å². The molecule has 98 heavy (non-hydrogen) atoms. The summed E-state index contributed by atoms with van der Waals surface area (Å²) in [6.45, 7) is 11.6. The maximum atomic E-state index is 15.2. The largest absolute Gasteiger partial charge is 0.497 e. The van der Waals surface area contributed by atoms with E-state index >= 15 is 9.59 Å². The fraction of sp³-hybridized carbons (Fsp3) is 0.590. The fourth-order valence-corrected chi connectivity index (χ4v) is 21.5. The lowest BCUT2D eigenvalue weighted by Gasteiger charge is -2.45. The third-order valence-corrected chi connectivity index (χ3v) is 28.7. The number of fused-ring (bicyclic) bond motifs is 14. The van der Waals surface area contributed by atoms with Crippen molar-refractivity contribution >= 4 is 65.5 Å². The van der Waals surface area contributed by atoms with Crippen LogP contribution in [0.1, 0.15) is 222 Å². The Hall–Kier alpha value is -6.74. The van der Waals surface area contributed by atoms with Crippen molar-refractivity contribution in [2.45, 2.75) is 209 Å². The molecular weight excluding hydrogens is 1270 g/mol. The normalized spacial score (nSPS) is 25.1. The van der Waals surface area contributed by atoms with Gasteiger partial charge in [0, 0.05) is 119 Å². The minimum atomic E-state index is -3.80. The highest BCUT2D eigenvalue weighted by Crippen LogP contribution is 2.69. The van der Waals surface area contributed by atoms with E-state index in [1.807, 2.05) is 36.4 Å². The Morgan fingerprint density at radius 1 is 0.531 bits per heavy atom. The molecule has 4 aliphatic carbocycles. The minimum Gasteiger partial charge on any atom is -0.497 e. The first kappa shape index (κ1) is 67.1. The van der Waals surface area contributed by atoms with E-state index in [2.05, 4.69) is 76.5 Å². The molecule has 0 bridgehead atoms. The molecular formula is C78H100N8O10S2. The Balaban J connectivity index is 0.000000160. The maximum absolute atomic E-state index is 15.2. The monoisotopic (exact) mass is 1370 g/mol. The Morgan fingerprint density at radius 2 is 0.949 bits per heavy atom. The summed E-state index contributed by atoms with van der Waals surface area (Å²) in [5, 5.41) is 1.47. The number of ether oxygens (including phenoxy) is 2. The third kappa shape index (κ3) is 11.4. The van der Waals surface area contributed by atoms with Gasteiger partial charge in [0.25, 0.3) is 11.8 Å². The van der Waals surface area contributed by atoms with Gasteiger partial charge in [0.1, 0.15) is 11.5 Å². The minimum absolute atomic E-state index is 0.0704. The van der Waals surface area contributed by atoms with Crippen LogP contribution in [0.2, 0.25) is 0 Å². The maximum Gasteiger partial charge on any atom is 0.264 e. The average molecular weight is 1370 g/mol. The molecule has 4 unspecified atom stereocenters. The van der Waals surface area contributed by atoms with E-state index in [9.17, 15) is 26.4 Å². The van der Waals surface area contributed by atoms with Crippen LogP contribution < -0.4 is 18.9 Å². The predicted octanol–water partition coefficient (Wildman–Crippen LogP) is 12.8. The molecule has 2 spiro atoms. The zero-order valence-electron chi connectivity index (χ0n) is 58.6. The first-order valence-electron chi connectivity index (χ1n) is 36.9. The van der Waals surface area contributed by atoms with E-state index < -0.39 is 47.9 Å². The van der Waals surface area contributed by atoms with Crippen LogP contribution in [-0.2, 0) is 42.7 Å². The van der Waals surface area contributed by atoms with Gasteiger partial charge in [-0.15, -0.1) is 0 Å². The van der Waals surface area contributed by atoms with Crippen molar-refractivity contribution < 1.29 is 45.5 Å². The first-order chi connectivity index (χ1) is 47.1. The molecule has 4 saturated carbocycles. The van der Waals surface area contributed by atoms with Crippen molar-refractivity contribution in [1.82, 2.24) is 38.2 Å². The summed E-state index contributed by atoms with van der Waals surface area (Å²) >= 11 is 0. The van der Waals surface area contributed by atoms with Gasteiger partial charge in [-0.05, 0) is 219 Å². The Labute approximate surface area is 579 Å². The van der Waals surface area contributed by atoms with Crippen molar-refractivity contribution in [3.8, 4) is 34.0 Å². The van der Waals surface area contributed by atoms with E-state index in [0.717, 1.165) is 185 Å². The number of aromatic nitrogens is 2. The molecule has 6 aromatic rings. The molecule has 4 atom stereocenters. The van der Waals surface area contributed by atoms with Crippen molar-refractivity contribution in [2.75, 3.05) is 73.3 Å². The van der Waals surface area contributed by atoms with Crippen molar-refractivity contribution in [3.05, 3.63) is 106 Å². The summed E-state index contributed by atoms with van der Waals surface area (Å²) < 4.78 is 71.4. The van der Waals surface area contributed by atoms with Crippen LogP contribution in [0.4, 0.5) is 0 Å². The van der Waals surface area contributed by atoms with Gasteiger partial charge >= 0.3 is 0 Å². The number of nitrogens with zero attached hydrogens (tertiary/aromatic N) is 6. The van der Waals surface area contributed by atoms with Crippen LogP contribution in [0.3, 0.4) is 0 Å². The highest BCUT2D eigenvalue weighted by molar-refractivity contribution is 7.90. The Bertz CT molecular complexity index is 4410.